The minimum Gasteiger partial charge on any atom is -0.383 e. The fourth-order valence-corrected chi connectivity index (χ4v) is 2.25. The summed E-state index contributed by atoms with van der Waals surface area (Å²) in [6, 6.07) is 9.39. The van der Waals surface area contributed by atoms with E-state index in [1.165, 1.54) is 10.6 Å². The van der Waals surface area contributed by atoms with E-state index in [9.17, 15) is 9.59 Å². The zero-order chi connectivity index (χ0) is 15.2. The van der Waals surface area contributed by atoms with E-state index in [4.69, 9.17) is 0 Å². The molecule has 112 valence electrons. The first-order chi connectivity index (χ1) is 10.1. The molecule has 0 amide bonds. The zero-order valence-corrected chi connectivity index (χ0v) is 12.5. The number of benzene rings is 1. The molecule has 0 aliphatic heterocycles. The van der Waals surface area contributed by atoms with Gasteiger partial charge in [-0.2, -0.15) is 0 Å². The van der Waals surface area contributed by atoms with Crippen LogP contribution in [0, 0.1) is 6.92 Å². The van der Waals surface area contributed by atoms with Crippen molar-refractivity contribution in [1.82, 2.24) is 9.13 Å². The van der Waals surface area contributed by atoms with Crippen LogP contribution in [-0.4, -0.2) is 15.7 Å². The van der Waals surface area contributed by atoms with Gasteiger partial charge in [-0.25, -0.2) is 4.79 Å². The topological polar surface area (TPSA) is 56.0 Å². The maximum Gasteiger partial charge on any atom is 0.331 e. The molecule has 2 aromatic rings. The first kappa shape index (κ1) is 15.1. The molecule has 5 nitrogen and oxygen atoms in total. The standard InChI is InChI=1S/C16H21N3O2/c1-3-10-18-11-8-15(20)19(16(18)21)12-9-17-14-7-5-4-6-13(14)2/h4-8,11,17H,3,9-10,12H2,1-2H3. The number of hydrogen-bond acceptors (Lipinski definition) is 3. The second-order valence-corrected chi connectivity index (χ2v) is 5.02. The van der Waals surface area contributed by atoms with Crippen molar-refractivity contribution >= 4 is 5.69 Å². The fraction of sp³-hybridized carbons (Fsp3) is 0.375. The monoisotopic (exact) mass is 287 g/mol. The maximum absolute atomic E-state index is 12.2. The molecule has 1 aromatic carbocycles. The van der Waals surface area contributed by atoms with Crippen molar-refractivity contribution < 1.29 is 0 Å². The van der Waals surface area contributed by atoms with Gasteiger partial charge in [-0.1, -0.05) is 25.1 Å². The van der Waals surface area contributed by atoms with Crippen molar-refractivity contribution in [3.8, 4) is 0 Å². The molecule has 2 rings (SSSR count). The lowest BCUT2D eigenvalue weighted by Gasteiger charge is -2.11. The van der Waals surface area contributed by atoms with E-state index in [1.54, 1.807) is 10.8 Å². The highest BCUT2D eigenvalue weighted by atomic mass is 16.2. The number of nitrogens with one attached hydrogen (secondary N) is 1. The van der Waals surface area contributed by atoms with Crippen LogP contribution in [0.4, 0.5) is 5.69 Å². The fourth-order valence-electron chi connectivity index (χ4n) is 2.25. The highest BCUT2D eigenvalue weighted by molar-refractivity contribution is 5.50. The summed E-state index contributed by atoms with van der Waals surface area (Å²) >= 11 is 0. The Hall–Kier alpha value is -2.30. The van der Waals surface area contributed by atoms with E-state index in [0.29, 0.717) is 19.6 Å². The Kier molecular flexibility index (Phi) is 4.98. The minimum atomic E-state index is -0.251. The van der Waals surface area contributed by atoms with Gasteiger partial charge in [-0.15, -0.1) is 0 Å². The predicted octanol–water partition coefficient (Wildman–Crippen LogP) is 1.84. The van der Waals surface area contributed by atoms with Crippen LogP contribution in [0.25, 0.3) is 0 Å². The lowest BCUT2D eigenvalue weighted by molar-refractivity contribution is 0.554. The molecule has 0 bridgehead atoms. The van der Waals surface area contributed by atoms with Gasteiger partial charge in [0, 0.05) is 37.6 Å². The Morgan fingerprint density at radius 1 is 1.10 bits per heavy atom. The van der Waals surface area contributed by atoms with E-state index in [-0.39, 0.29) is 11.2 Å². The van der Waals surface area contributed by atoms with Crippen molar-refractivity contribution in [1.29, 1.82) is 0 Å². The van der Waals surface area contributed by atoms with Gasteiger partial charge < -0.3 is 9.88 Å². The molecule has 1 aromatic heterocycles. The van der Waals surface area contributed by atoms with E-state index < -0.39 is 0 Å². The van der Waals surface area contributed by atoms with Crippen LogP contribution in [0.1, 0.15) is 18.9 Å². The summed E-state index contributed by atoms with van der Waals surface area (Å²) in [4.78, 5) is 24.0. The third kappa shape index (κ3) is 3.62. The quantitative estimate of drug-likeness (QED) is 0.882. The van der Waals surface area contributed by atoms with Crippen LogP contribution in [0.5, 0.6) is 0 Å². The van der Waals surface area contributed by atoms with Gasteiger partial charge in [0.15, 0.2) is 0 Å². The van der Waals surface area contributed by atoms with Gasteiger partial charge in [0.05, 0.1) is 0 Å². The molecule has 21 heavy (non-hydrogen) atoms. The molecule has 1 N–H and O–H groups in total. The van der Waals surface area contributed by atoms with Crippen LogP contribution in [-0.2, 0) is 13.1 Å². The average molecular weight is 287 g/mol. The SMILES string of the molecule is CCCn1ccc(=O)n(CCNc2ccccc2C)c1=O. The Morgan fingerprint density at radius 3 is 2.57 bits per heavy atom. The Balaban J connectivity index is 2.10. The number of rotatable bonds is 6. The van der Waals surface area contributed by atoms with Crippen LogP contribution in [0.2, 0.25) is 0 Å². The van der Waals surface area contributed by atoms with Crippen molar-refractivity contribution in [2.45, 2.75) is 33.4 Å². The van der Waals surface area contributed by atoms with E-state index in [1.807, 2.05) is 38.1 Å². The number of aryl methyl sites for hydroxylation is 2. The van der Waals surface area contributed by atoms with E-state index in [0.717, 1.165) is 17.7 Å². The molecule has 0 aliphatic rings. The highest BCUT2D eigenvalue weighted by Crippen LogP contribution is 2.12. The minimum absolute atomic E-state index is 0.240. The normalized spacial score (nSPS) is 10.6. The highest BCUT2D eigenvalue weighted by Gasteiger charge is 2.04. The first-order valence-electron chi connectivity index (χ1n) is 7.23. The van der Waals surface area contributed by atoms with Gasteiger partial charge in [-0.3, -0.25) is 9.36 Å². The number of anilines is 1. The van der Waals surface area contributed by atoms with Gasteiger partial charge in [-0.05, 0) is 25.0 Å². The van der Waals surface area contributed by atoms with Crippen LogP contribution >= 0.6 is 0 Å². The summed E-state index contributed by atoms with van der Waals surface area (Å²) in [6.07, 6.45) is 2.43. The maximum atomic E-state index is 12.2. The second-order valence-electron chi connectivity index (χ2n) is 5.02. The number of para-hydroxylation sites is 1. The largest absolute Gasteiger partial charge is 0.383 e. The predicted molar refractivity (Wildman–Crippen MR) is 84.9 cm³/mol. The number of aromatic nitrogens is 2. The smallest absolute Gasteiger partial charge is 0.331 e. The molecular weight excluding hydrogens is 266 g/mol. The summed E-state index contributed by atoms with van der Waals surface area (Å²) in [7, 11) is 0. The molecule has 0 saturated carbocycles. The first-order valence-corrected chi connectivity index (χ1v) is 7.23. The summed E-state index contributed by atoms with van der Waals surface area (Å²) in [5.41, 5.74) is 1.67. The third-order valence-corrected chi connectivity index (χ3v) is 3.40. The van der Waals surface area contributed by atoms with Gasteiger partial charge in [0.2, 0.25) is 0 Å². The van der Waals surface area contributed by atoms with Gasteiger partial charge >= 0.3 is 5.69 Å². The van der Waals surface area contributed by atoms with Crippen molar-refractivity contribution in [3.63, 3.8) is 0 Å². The van der Waals surface area contributed by atoms with E-state index >= 15 is 0 Å². The lowest BCUT2D eigenvalue weighted by atomic mass is 10.2. The van der Waals surface area contributed by atoms with Crippen LogP contribution in [0.15, 0.2) is 46.1 Å². The molecule has 0 radical (unpaired) electrons. The Bertz CT molecular complexity index is 716. The van der Waals surface area contributed by atoms with Gasteiger partial charge in [0.1, 0.15) is 0 Å². The molecule has 0 atom stereocenters. The molecule has 0 unspecified atom stereocenters. The Morgan fingerprint density at radius 2 is 1.86 bits per heavy atom. The Labute approximate surface area is 123 Å². The molecule has 1 heterocycles. The second kappa shape index (κ2) is 6.92. The molecule has 0 spiro atoms. The van der Waals surface area contributed by atoms with Crippen LogP contribution in [0.3, 0.4) is 0 Å². The average Bonchev–Trinajstić information content (AvgIpc) is 2.47. The number of nitrogens with zero attached hydrogens (tertiary/aromatic N) is 2. The summed E-state index contributed by atoms with van der Waals surface area (Å²) < 4.78 is 2.86. The van der Waals surface area contributed by atoms with Crippen molar-refractivity contribution in [3.05, 3.63) is 62.9 Å². The summed E-state index contributed by atoms with van der Waals surface area (Å²) in [5.74, 6) is 0. The molecule has 0 aliphatic carbocycles. The summed E-state index contributed by atoms with van der Waals surface area (Å²) in [5, 5.41) is 3.26. The van der Waals surface area contributed by atoms with Crippen LogP contribution < -0.4 is 16.6 Å². The van der Waals surface area contributed by atoms with E-state index in [2.05, 4.69) is 5.32 Å². The third-order valence-electron chi connectivity index (χ3n) is 3.40. The molecule has 5 heteroatoms. The molecule has 0 fully saturated rings. The summed E-state index contributed by atoms with van der Waals surface area (Å²) in [6.45, 7) is 5.55. The van der Waals surface area contributed by atoms with Gasteiger partial charge in [0.25, 0.3) is 5.56 Å². The lowest BCUT2D eigenvalue weighted by Crippen LogP contribution is -2.40. The zero-order valence-electron chi connectivity index (χ0n) is 12.5. The number of hydrogen-bond donors (Lipinski definition) is 1. The molecular formula is C16H21N3O2. The van der Waals surface area contributed by atoms with Crippen molar-refractivity contribution in [2.75, 3.05) is 11.9 Å². The van der Waals surface area contributed by atoms with Crippen molar-refractivity contribution in [2.24, 2.45) is 0 Å². The molecule has 0 saturated heterocycles.